The molecule has 8 aromatic carbocycles. The van der Waals surface area contributed by atoms with Crippen molar-refractivity contribution < 1.29 is 0 Å². The Morgan fingerprint density at radius 3 is 2.13 bits per heavy atom. The topological polar surface area (TPSA) is 12.0 Å². The molecule has 1 heterocycles. The Balaban J connectivity index is 1.08. The SMILES string of the molecule is CC1(C)c2cc3ccccc3cc2-c2c(-c3cccc(/C(=C/Cc4ccccc4-c4cccc5c4sc4ccccc45)Nc4ccccc4)c3)cccc21. The van der Waals surface area contributed by atoms with E-state index in [1.165, 1.54) is 81.0 Å². The molecule has 0 radical (unpaired) electrons. The van der Waals surface area contributed by atoms with Crippen molar-refractivity contribution in [2.24, 2.45) is 0 Å². The average Bonchev–Trinajstić information content (AvgIpc) is 3.71. The summed E-state index contributed by atoms with van der Waals surface area (Å²) in [5.74, 6) is 0. The molecule has 0 spiro atoms. The molecule has 0 saturated heterocycles. The zero-order chi connectivity index (χ0) is 36.2. The van der Waals surface area contributed by atoms with Crippen LogP contribution in [0.25, 0.3) is 70.0 Å². The molecule has 0 saturated carbocycles. The lowest BCUT2D eigenvalue weighted by atomic mass is 9.81. The van der Waals surface area contributed by atoms with Gasteiger partial charge in [0.15, 0.2) is 0 Å². The summed E-state index contributed by atoms with van der Waals surface area (Å²) < 4.78 is 2.68. The fraction of sp³-hybridized carbons (Fsp3) is 0.0769. The van der Waals surface area contributed by atoms with Crippen LogP contribution >= 0.6 is 11.3 Å². The Hall–Kier alpha value is -6.22. The second kappa shape index (κ2) is 13.0. The van der Waals surface area contributed by atoms with Crippen molar-refractivity contribution in [2.75, 3.05) is 5.32 Å². The number of hydrogen-bond acceptors (Lipinski definition) is 2. The summed E-state index contributed by atoms with van der Waals surface area (Å²) in [7, 11) is 0. The van der Waals surface area contributed by atoms with E-state index >= 15 is 0 Å². The van der Waals surface area contributed by atoms with Crippen LogP contribution in [0.3, 0.4) is 0 Å². The highest BCUT2D eigenvalue weighted by Crippen LogP contribution is 2.53. The summed E-state index contributed by atoms with van der Waals surface area (Å²) in [5.41, 5.74) is 15.1. The van der Waals surface area contributed by atoms with E-state index in [1.54, 1.807) is 0 Å². The highest BCUT2D eigenvalue weighted by Gasteiger charge is 2.37. The largest absolute Gasteiger partial charge is 0.355 e. The van der Waals surface area contributed by atoms with Gasteiger partial charge in [0.25, 0.3) is 0 Å². The van der Waals surface area contributed by atoms with Gasteiger partial charge in [-0.05, 0) is 109 Å². The van der Waals surface area contributed by atoms with E-state index in [4.69, 9.17) is 0 Å². The van der Waals surface area contributed by atoms with Crippen molar-refractivity contribution in [1.29, 1.82) is 0 Å². The maximum Gasteiger partial charge on any atom is 0.0433 e. The molecule has 1 nitrogen and oxygen atoms in total. The minimum atomic E-state index is -0.0875. The van der Waals surface area contributed by atoms with E-state index in [2.05, 4.69) is 201 Å². The van der Waals surface area contributed by atoms with Gasteiger partial charge in [0, 0.05) is 37.0 Å². The van der Waals surface area contributed by atoms with Gasteiger partial charge >= 0.3 is 0 Å². The van der Waals surface area contributed by atoms with E-state index in [-0.39, 0.29) is 5.41 Å². The fourth-order valence-corrected chi connectivity index (χ4v) is 9.85. The number of thiophene rings is 1. The Bertz CT molecular complexity index is 2910. The van der Waals surface area contributed by atoms with Gasteiger partial charge < -0.3 is 5.32 Å². The van der Waals surface area contributed by atoms with Crippen molar-refractivity contribution in [3.05, 3.63) is 204 Å². The van der Waals surface area contributed by atoms with Crippen LogP contribution in [0, 0.1) is 0 Å². The lowest BCUT2D eigenvalue weighted by Gasteiger charge is -2.22. The second-order valence-electron chi connectivity index (χ2n) is 14.9. The maximum absolute atomic E-state index is 3.82. The van der Waals surface area contributed by atoms with Gasteiger partial charge in [-0.25, -0.2) is 0 Å². The molecule has 0 bridgehead atoms. The molecule has 2 heteroatoms. The summed E-state index contributed by atoms with van der Waals surface area (Å²) in [6.07, 6.45) is 3.15. The predicted octanol–water partition coefficient (Wildman–Crippen LogP) is 14.5. The molecule has 258 valence electrons. The summed E-state index contributed by atoms with van der Waals surface area (Å²) in [6.45, 7) is 4.74. The van der Waals surface area contributed by atoms with Crippen molar-refractivity contribution in [3.63, 3.8) is 0 Å². The van der Waals surface area contributed by atoms with Crippen LogP contribution in [-0.2, 0) is 11.8 Å². The molecular weight excluding hydrogens is 671 g/mol. The number of allylic oxidation sites excluding steroid dienone is 1. The third-order valence-electron chi connectivity index (χ3n) is 11.3. The molecule has 54 heavy (non-hydrogen) atoms. The fourth-order valence-electron chi connectivity index (χ4n) is 8.62. The van der Waals surface area contributed by atoms with Gasteiger partial charge in [-0.3, -0.25) is 0 Å². The molecule has 0 atom stereocenters. The number of para-hydroxylation sites is 1. The van der Waals surface area contributed by atoms with E-state index < -0.39 is 0 Å². The quantitative estimate of drug-likeness (QED) is 0.174. The zero-order valence-corrected chi connectivity index (χ0v) is 31.3. The van der Waals surface area contributed by atoms with Gasteiger partial charge in [-0.15, -0.1) is 11.3 Å². The number of rotatable bonds is 7. The number of fused-ring (bicyclic) bond motifs is 7. The lowest BCUT2D eigenvalue weighted by Crippen LogP contribution is -2.14. The Morgan fingerprint density at radius 2 is 1.24 bits per heavy atom. The summed E-state index contributed by atoms with van der Waals surface area (Å²) in [4.78, 5) is 0. The summed E-state index contributed by atoms with van der Waals surface area (Å²) in [5, 5.41) is 9.05. The standard InChI is InChI=1S/C52H39NS/c1-52(2)46-27-14-24-41(50(46)45-32-35-16-6-7-17-36(35)33-47(45)52)37-18-12-19-38(31-37)48(53-39-20-4-3-5-21-39)30-29-34-15-8-9-22-40(34)43-25-13-26-44-42-23-10-11-28-49(42)54-51(43)44/h3-28,30-33,53H,29H2,1-2H3/b48-30-. The molecule has 1 N–H and O–H groups in total. The van der Waals surface area contributed by atoms with Crippen molar-refractivity contribution in [1.82, 2.24) is 0 Å². The lowest BCUT2D eigenvalue weighted by molar-refractivity contribution is 0.661. The average molecular weight is 710 g/mol. The van der Waals surface area contributed by atoms with Gasteiger partial charge in [0.2, 0.25) is 0 Å². The molecule has 0 unspecified atom stereocenters. The first-order chi connectivity index (χ1) is 26.5. The van der Waals surface area contributed by atoms with Crippen LogP contribution < -0.4 is 5.32 Å². The van der Waals surface area contributed by atoms with E-state index in [9.17, 15) is 0 Å². The minimum Gasteiger partial charge on any atom is -0.355 e. The maximum atomic E-state index is 3.82. The van der Waals surface area contributed by atoms with Crippen molar-refractivity contribution in [2.45, 2.75) is 25.7 Å². The number of anilines is 1. The highest BCUT2D eigenvalue weighted by atomic mass is 32.1. The van der Waals surface area contributed by atoms with Gasteiger partial charge in [-0.1, -0.05) is 159 Å². The van der Waals surface area contributed by atoms with E-state index in [1.807, 2.05) is 11.3 Å². The van der Waals surface area contributed by atoms with Gasteiger partial charge in [0.1, 0.15) is 0 Å². The first kappa shape index (κ1) is 32.4. The zero-order valence-electron chi connectivity index (χ0n) is 30.4. The van der Waals surface area contributed by atoms with Crippen LogP contribution in [0.2, 0.25) is 0 Å². The molecule has 1 aromatic heterocycles. The molecular formula is C52H39NS. The van der Waals surface area contributed by atoms with Gasteiger partial charge in [-0.2, -0.15) is 0 Å². The molecule has 1 aliphatic carbocycles. The third kappa shape index (κ3) is 5.45. The number of nitrogens with one attached hydrogen (secondary N) is 1. The first-order valence-corrected chi connectivity index (χ1v) is 19.6. The first-order valence-electron chi connectivity index (χ1n) is 18.8. The van der Waals surface area contributed by atoms with Crippen LogP contribution in [0.4, 0.5) is 5.69 Å². The third-order valence-corrected chi connectivity index (χ3v) is 12.6. The number of benzene rings is 8. The molecule has 9 aromatic rings. The molecule has 0 aliphatic heterocycles. The Morgan fingerprint density at radius 1 is 0.556 bits per heavy atom. The van der Waals surface area contributed by atoms with Crippen molar-refractivity contribution in [3.8, 4) is 33.4 Å². The molecule has 0 fully saturated rings. The Kier molecular flexibility index (Phi) is 7.82. The van der Waals surface area contributed by atoms with Crippen molar-refractivity contribution >= 4 is 53.7 Å². The predicted molar refractivity (Wildman–Crippen MR) is 233 cm³/mol. The molecule has 1 aliphatic rings. The van der Waals surface area contributed by atoms with Gasteiger partial charge in [0.05, 0.1) is 0 Å². The molecule has 10 rings (SSSR count). The smallest absolute Gasteiger partial charge is 0.0433 e. The second-order valence-corrected chi connectivity index (χ2v) is 16.0. The van der Waals surface area contributed by atoms with Crippen LogP contribution in [-0.4, -0.2) is 0 Å². The minimum absolute atomic E-state index is 0.0875. The molecule has 0 amide bonds. The normalized spacial score (nSPS) is 13.3. The highest BCUT2D eigenvalue weighted by molar-refractivity contribution is 7.26. The van der Waals surface area contributed by atoms with E-state index in [0.29, 0.717) is 0 Å². The monoisotopic (exact) mass is 709 g/mol. The van der Waals surface area contributed by atoms with Crippen LogP contribution in [0.5, 0.6) is 0 Å². The summed E-state index contributed by atoms with van der Waals surface area (Å²) in [6, 6.07) is 64.5. The van der Waals surface area contributed by atoms with E-state index in [0.717, 1.165) is 23.4 Å². The Labute approximate surface area is 320 Å². The van der Waals surface area contributed by atoms with Crippen LogP contribution in [0.1, 0.15) is 36.1 Å². The van der Waals surface area contributed by atoms with Crippen LogP contribution in [0.15, 0.2) is 182 Å². The summed E-state index contributed by atoms with van der Waals surface area (Å²) >= 11 is 1.89. The number of hydrogen-bond donors (Lipinski definition) is 1.